The predicted octanol–water partition coefficient (Wildman–Crippen LogP) is 4.66. The summed E-state index contributed by atoms with van der Waals surface area (Å²) in [5.74, 6) is 1.00. The van der Waals surface area contributed by atoms with Gasteiger partial charge in [-0.15, -0.1) is 0 Å². The molecule has 2 aromatic rings. The van der Waals surface area contributed by atoms with Crippen LogP contribution in [0.4, 0.5) is 4.39 Å². The van der Waals surface area contributed by atoms with E-state index in [9.17, 15) is 4.39 Å². The zero-order valence-corrected chi connectivity index (χ0v) is 11.9. The Morgan fingerprint density at radius 1 is 1.32 bits per heavy atom. The second-order valence-corrected chi connectivity index (χ2v) is 5.12. The second-order valence-electron chi connectivity index (χ2n) is 5.12. The van der Waals surface area contributed by atoms with Crippen molar-refractivity contribution in [3.8, 4) is 0 Å². The zero-order valence-electron chi connectivity index (χ0n) is 11.9. The first-order valence-corrected chi connectivity index (χ1v) is 7.08. The molecule has 0 amide bonds. The van der Waals surface area contributed by atoms with Gasteiger partial charge in [0.2, 0.25) is 0 Å². The maximum atomic E-state index is 13.7. The fourth-order valence-electron chi connectivity index (χ4n) is 2.32. The third-order valence-corrected chi connectivity index (χ3v) is 3.65. The summed E-state index contributed by atoms with van der Waals surface area (Å²) in [5, 5.41) is 4.34. The quantitative estimate of drug-likeness (QED) is 0.820. The van der Waals surface area contributed by atoms with E-state index in [2.05, 4.69) is 26.1 Å². The molecule has 0 saturated heterocycles. The summed E-state index contributed by atoms with van der Waals surface area (Å²) in [7, 11) is 0. The lowest BCUT2D eigenvalue weighted by Crippen LogP contribution is -2.27. The Bertz CT molecular complexity index is 535. The van der Waals surface area contributed by atoms with E-state index in [4.69, 9.17) is 4.42 Å². The minimum atomic E-state index is -0.290. The van der Waals surface area contributed by atoms with Crippen LogP contribution in [0.1, 0.15) is 45.4 Å². The van der Waals surface area contributed by atoms with Gasteiger partial charge >= 0.3 is 0 Å². The topological polar surface area (TPSA) is 25.2 Å². The molecule has 1 aromatic carbocycles. The number of hydrogen-bond acceptors (Lipinski definition) is 2. The van der Waals surface area contributed by atoms with Crippen LogP contribution in [-0.4, -0.2) is 6.54 Å². The van der Waals surface area contributed by atoms with Crippen molar-refractivity contribution in [2.75, 3.05) is 6.54 Å². The lowest BCUT2D eigenvalue weighted by molar-refractivity contribution is 0.325. The number of benzene rings is 1. The highest BCUT2D eigenvalue weighted by Crippen LogP contribution is 2.30. The number of furan rings is 1. The maximum Gasteiger partial charge on any atom is 0.169 e. The molecule has 3 heteroatoms. The van der Waals surface area contributed by atoms with Crippen molar-refractivity contribution in [2.45, 2.75) is 39.7 Å². The van der Waals surface area contributed by atoms with E-state index in [-0.39, 0.29) is 11.9 Å². The van der Waals surface area contributed by atoms with Crippen molar-refractivity contribution < 1.29 is 8.81 Å². The average Bonchev–Trinajstić information content (AvgIpc) is 2.84. The van der Waals surface area contributed by atoms with Gasteiger partial charge in [0.05, 0.1) is 6.04 Å². The second kappa shape index (κ2) is 6.20. The van der Waals surface area contributed by atoms with Crippen LogP contribution in [0.5, 0.6) is 0 Å². The first kappa shape index (κ1) is 14.1. The van der Waals surface area contributed by atoms with Crippen molar-refractivity contribution >= 4 is 11.0 Å². The normalized spacial score (nSPS) is 14.7. The van der Waals surface area contributed by atoms with Gasteiger partial charge in [0, 0.05) is 5.39 Å². The van der Waals surface area contributed by atoms with E-state index in [0.29, 0.717) is 11.5 Å². The smallest absolute Gasteiger partial charge is 0.169 e. The van der Waals surface area contributed by atoms with E-state index in [1.165, 1.54) is 6.07 Å². The van der Waals surface area contributed by atoms with Crippen molar-refractivity contribution in [1.29, 1.82) is 0 Å². The Morgan fingerprint density at radius 3 is 2.74 bits per heavy atom. The number of rotatable bonds is 6. The van der Waals surface area contributed by atoms with Gasteiger partial charge in [-0.05, 0) is 31.0 Å². The van der Waals surface area contributed by atoms with Crippen molar-refractivity contribution in [3.63, 3.8) is 0 Å². The molecule has 0 bridgehead atoms. The Labute approximate surface area is 114 Å². The molecule has 1 aromatic heterocycles. The molecule has 2 atom stereocenters. The Kier molecular flexibility index (Phi) is 4.59. The molecule has 1 heterocycles. The summed E-state index contributed by atoms with van der Waals surface area (Å²) in [6.07, 6.45) is 2.13. The van der Waals surface area contributed by atoms with Crippen molar-refractivity contribution in [3.05, 3.63) is 35.8 Å². The third-order valence-electron chi connectivity index (χ3n) is 3.65. The molecule has 0 aliphatic rings. The molecular weight excluding hydrogens is 241 g/mol. The molecule has 1 N–H and O–H groups in total. The van der Waals surface area contributed by atoms with Crippen LogP contribution in [0.2, 0.25) is 0 Å². The van der Waals surface area contributed by atoms with E-state index in [1.54, 1.807) is 6.07 Å². The van der Waals surface area contributed by atoms with Crippen molar-refractivity contribution in [1.82, 2.24) is 5.32 Å². The molecule has 2 nitrogen and oxygen atoms in total. The molecule has 104 valence electrons. The fraction of sp³-hybridized carbons (Fsp3) is 0.500. The summed E-state index contributed by atoms with van der Waals surface area (Å²) >= 11 is 0. The minimum Gasteiger partial charge on any atom is -0.456 e. The Balaban J connectivity index is 2.35. The van der Waals surface area contributed by atoms with Crippen LogP contribution >= 0.6 is 0 Å². The van der Waals surface area contributed by atoms with Gasteiger partial charge < -0.3 is 9.73 Å². The summed E-state index contributed by atoms with van der Waals surface area (Å²) in [5.41, 5.74) is 0.365. The van der Waals surface area contributed by atoms with E-state index in [0.717, 1.165) is 30.5 Å². The van der Waals surface area contributed by atoms with Crippen LogP contribution in [0.3, 0.4) is 0 Å². The number of nitrogens with one attached hydrogen (secondary N) is 1. The third kappa shape index (κ3) is 2.98. The molecule has 0 spiro atoms. The van der Waals surface area contributed by atoms with Gasteiger partial charge in [-0.25, -0.2) is 4.39 Å². The summed E-state index contributed by atoms with van der Waals surface area (Å²) in [6, 6.07) is 7.15. The molecule has 0 saturated carbocycles. The minimum absolute atomic E-state index is 0.150. The van der Waals surface area contributed by atoms with Gasteiger partial charge in [0.15, 0.2) is 11.4 Å². The highest BCUT2D eigenvalue weighted by atomic mass is 19.1. The number of fused-ring (bicyclic) bond motifs is 1. The van der Waals surface area contributed by atoms with Crippen LogP contribution in [-0.2, 0) is 0 Å². The fourth-order valence-corrected chi connectivity index (χ4v) is 2.32. The van der Waals surface area contributed by atoms with Crippen LogP contribution in [0, 0.1) is 11.7 Å². The summed E-state index contributed by atoms with van der Waals surface area (Å²) in [6.45, 7) is 7.43. The monoisotopic (exact) mass is 263 g/mol. The molecule has 2 rings (SSSR count). The SMILES string of the molecule is CCCNC(c1cc2cccc(F)c2o1)C(C)CC. The van der Waals surface area contributed by atoms with Crippen LogP contribution in [0.25, 0.3) is 11.0 Å². The summed E-state index contributed by atoms with van der Waals surface area (Å²) in [4.78, 5) is 0. The first-order chi connectivity index (χ1) is 9.17. The lowest BCUT2D eigenvalue weighted by Gasteiger charge is -2.22. The molecule has 0 aliphatic carbocycles. The highest BCUT2D eigenvalue weighted by Gasteiger charge is 2.21. The average molecular weight is 263 g/mol. The lowest BCUT2D eigenvalue weighted by atomic mass is 9.96. The molecular formula is C16H22FNO. The van der Waals surface area contributed by atoms with Gasteiger partial charge in [-0.2, -0.15) is 0 Å². The van der Waals surface area contributed by atoms with Crippen LogP contribution < -0.4 is 5.32 Å². The maximum absolute atomic E-state index is 13.7. The Hall–Kier alpha value is -1.35. The van der Waals surface area contributed by atoms with Crippen molar-refractivity contribution in [2.24, 2.45) is 5.92 Å². The largest absolute Gasteiger partial charge is 0.456 e. The number of hydrogen-bond donors (Lipinski definition) is 1. The predicted molar refractivity (Wildman–Crippen MR) is 76.7 cm³/mol. The molecule has 0 aliphatic heterocycles. The van der Waals surface area contributed by atoms with Gasteiger partial charge in [-0.3, -0.25) is 0 Å². The highest BCUT2D eigenvalue weighted by molar-refractivity contribution is 5.78. The number of halogens is 1. The van der Waals surface area contributed by atoms with Gasteiger partial charge in [0.1, 0.15) is 5.76 Å². The van der Waals surface area contributed by atoms with E-state index >= 15 is 0 Å². The Morgan fingerprint density at radius 2 is 2.11 bits per heavy atom. The number of para-hydroxylation sites is 1. The standard InChI is InChI=1S/C16H22FNO/c1-4-9-18-15(11(3)5-2)14-10-12-7-6-8-13(17)16(12)19-14/h6-8,10-11,15,18H,4-5,9H2,1-3H3. The molecule has 19 heavy (non-hydrogen) atoms. The van der Waals surface area contributed by atoms with E-state index < -0.39 is 0 Å². The molecule has 2 unspecified atom stereocenters. The van der Waals surface area contributed by atoms with E-state index in [1.807, 2.05) is 12.1 Å². The van der Waals surface area contributed by atoms with Gasteiger partial charge in [-0.1, -0.05) is 39.3 Å². The molecule has 0 radical (unpaired) electrons. The zero-order chi connectivity index (χ0) is 13.8. The van der Waals surface area contributed by atoms with Gasteiger partial charge in [0.25, 0.3) is 0 Å². The molecule has 0 fully saturated rings. The first-order valence-electron chi connectivity index (χ1n) is 7.08. The summed E-state index contributed by atoms with van der Waals surface area (Å²) < 4.78 is 19.4. The van der Waals surface area contributed by atoms with Crippen LogP contribution in [0.15, 0.2) is 28.7 Å².